The van der Waals surface area contributed by atoms with Crippen LogP contribution in [0.25, 0.3) is 0 Å². The number of anilines is 2. The summed E-state index contributed by atoms with van der Waals surface area (Å²) < 4.78 is 0. The van der Waals surface area contributed by atoms with Gasteiger partial charge >= 0.3 is 11.9 Å². The number of nitrogens with zero attached hydrogens (tertiary/aromatic N) is 1. The van der Waals surface area contributed by atoms with Crippen molar-refractivity contribution in [3.63, 3.8) is 0 Å². The van der Waals surface area contributed by atoms with Gasteiger partial charge in [0.2, 0.25) is 5.79 Å². The molecule has 2 aromatic rings. The molecule has 32 heavy (non-hydrogen) atoms. The molecular weight excluding hydrogens is 416 g/mol. The third kappa shape index (κ3) is 5.13. The van der Waals surface area contributed by atoms with Gasteiger partial charge in [0.25, 0.3) is 5.91 Å². The van der Waals surface area contributed by atoms with E-state index >= 15 is 0 Å². The van der Waals surface area contributed by atoms with Gasteiger partial charge in [0.1, 0.15) is 11.9 Å². The minimum atomic E-state index is -1.53. The predicted octanol–water partition coefficient (Wildman–Crippen LogP) is 0.508. The number of aliphatic carboxylic acids is 2. The van der Waals surface area contributed by atoms with Crippen LogP contribution in [0.4, 0.5) is 11.4 Å². The molecule has 1 aliphatic heterocycles. The second-order valence-corrected chi connectivity index (χ2v) is 7.44. The van der Waals surface area contributed by atoms with Crippen LogP contribution in [0.2, 0.25) is 0 Å². The quantitative estimate of drug-likeness (QED) is 0.306. The third-order valence-corrected chi connectivity index (χ3v) is 4.89. The van der Waals surface area contributed by atoms with Crippen LogP contribution in [0.3, 0.4) is 0 Å². The Morgan fingerprint density at radius 3 is 2.47 bits per heavy atom. The molecular formula is C21H24N6O5. The smallest absolute Gasteiger partial charge is 0.326 e. The number of amides is 1. The first-order valence-electron chi connectivity index (χ1n) is 9.70. The van der Waals surface area contributed by atoms with Crippen LogP contribution >= 0.6 is 0 Å². The average Bonchev–Trinajstić information content (AvgIpc) is 2.71. The molecule has 11 nitrogen and oxygen atoms in total. The summed E-state index contributed by atoms with van der Waals surface area (Å²) in [5.74, 6) is -4.30. The number of carbonyl (C=O) groups is 3. The molecule has 1 unspecified atom stereocenters. The highest BCUT2D eigenvalue weighted by Gasteiger charge is 2.30. The molecule has 0 aliphatic carbocycles. The lowest BCUT2D eigenvalue weighted by Gasteiger charge is -2.33. The number of aliphatic imine (C=N–C) groups is 1. The fraction of sp³-hybridized carbons (Fsp3) is 0.238. The van der Waals surface area contributed by atoms with Crippen molar-refractivity contribution in [3.8, 4) is 0 Å². The van der Waals surface area contributed by atoms with Gasteiger partial charge in [-0.05, 0) is 42.8 Å². The summed E-state index contributed by atoms with van der Waals surface area (Å²) in [5.41, 5.74) is 15.9. The van der Waals surface area contributed by atoms with E-state index in [2.05, 4.69) is 20.9 Å². The first kappa shape index (κ1) is 22.6. The summed E-state index contributed by atoms with van der Waals surface area (Å²) in [6, 6.07) is 10.3. The highest BCUT2D eigenvalue weighted by atomic mass is 16.4. The number of amidine groups is 1. The number of nitrogens with one attached hydrogen (secondary N) is 3. The summed E-state index contributed by atoms with van der Waals surface area (Å²) in [6.45, 7) is 2.12. The molecule has 0 spiro atoms. The van der Waals surface area contributed by atoms with Crippen LogP contribution in [0.5, 0.6) is 0 Å². The Morgan fingerprint density at radius 2 is 1.84 bits per heavy atom. The van der Waals surface area contributed by atoms with Gasteiger partial charge in [-0.1, -0.05) is 12.1 Å². The fourth-order valence-corrected chi connectivity index (χ4v) is 3.32. The summed E-state index contributed by atoms with van der Waals surface area (Å²) in [5, 5.41) is 26.3. The van der Waals surface area contributed by atoms with E-state index in [9.17, 15) is 14.4 Å². The minimum absolute atomic E-state index is 0.178. The number of hydrogen-bond acceptors (Lipinski definition) is 8. The zero-order valence-electron chi connectivity index (χ0n) is 17.3. The number of rotatable bonds is 8. The molecule has 11 heteroatoms. The van der Waals surface area contributed by atoms with Crippen LogP contribution in [0.1, 0.15) is 27.9 Å². The zero-order valence-corrected chi connectivity index (χ0v) is 17.3. The normalized spacial score (nSPS) is 17.9. The SMILES string of the molecule is Cc1cccc2c1C(N)=NC(N)(CNc1ccc(C(=O)N[C@@H](CC(=O)O)C(=O)O)cc1)N2. The first-order chi connectivity index (χ1) is 15.1. The van der Waals surface area contributed by atoms with E-state index in [1.165, 1.54) is 12.1 Å². The Bertz CT molecular complexity index is 1080. The second-order valence-electron chi connectivity index (χ2n) is 7.44. The minimum Gasteiger partial charge on any atom is -0.481 e. The molecule has 1 aliphatic rings. The van der Waals surface area contributed by atoms with Crippen LogP contribution in [-0.2, 0) is 9.59 Å². The monoisotopic (exact) mass is 440 g/mol. The number of fused-ring (bicyclic) bond motifs is 1. The standard InChI is InChI=1S/C21H24N6O5/c1-11-3-2-4-14-17(11)18(22)27-21(23,26-14)10-24-13-7-5-12(6-8-13)19(30)25-15(20(31)32)9-16(28)29/h2-8,15,24,26H,9-10,23H2,1H3,(H2,22,27)(H,25,30)(H,28,29)(H,31,32)/t15-,21?/m0/s1. The summed E-state index contributed by atoms with van der Waals surface area (Å²) in [4.78, 5) is 38.5. The van der Waals surface area contributed by atoms with Gasteiger partial charge in [0.15, 0.2) is 0 Å². The third-order valence-electron chi connectivity index (χ3n) is 4.89. The highest BCUT2D eigenvalue weighted by Crippen LogP contribution is 2.27. The Labute approximate surface area is 183 Å². The van der Waals surface area contributed by atoms with Crippen molar-refractivity contribution in [2.24, 2.45) is 16.5 Å². The number of carbonyl (C=O) groups excluding carboxylic acids is 1. The molecule has 0 saturated carbocycles. The van der Waals surface area contributed by atoms with Crippen LogP contribution < -0.4 is 27.4 Å². The van der Waals surface area contributed by atoms with Crippen molar-refractivity contribution in [2.45, 2.75) is 25.2 Å². The van der Waals surface area contributed by atoms with E-state index in [0.717, 1.165) is 16.8 Å². The number of hydrogen-bond donors (Lipinski definition) is 7. The number of nitrogens with two attached hydrogens (primary N) is 2. The molecule has 9 N–H and O–H groups in total. The van der Waals surface area contributed by atoms with Gasteiger partial charge in [-0.2, -0.15) is 0 Å². The van der Waals surface area contributed by atoms with Gasteiger partial charge in [0, 0.05) is 22.5 Å². The van der Waals surface area contributed by atoms with E-state index in [-0.39, 0.29) is 12.1 Å². The van der Waals surface area contributed by atoms with Gasteiger partial charge in [-0.3, -0.25) is 15.3 Å². The van der Waals surface area contributed by atoms with Crippen LogP contribution in [0, 0.1) is 6.92 Å². The molecule has 2 atom stereocenters. The van der Waals surface area contributed by atoms with Gasteiger partial charge in [-0.25, -0.2) is 9.79 Å². The molecule has 0 bridgehead atoms. The molecule has 0 saturated heterocycles. The Kier molecular flexibility index (Phi) is 6.30. The van der Waals surface area contributed by atoms with Crippen LogP contribution in [-0.4, -0.2) is 52.3 Å². The lowest BCUT2D eigenvalue weighted by molar-refractivity contribution is -0.145. The predicted molar refractivity (Wildman–Crippen MR) is 119 cm³/mol. The van der Waals surface area contributed by atoms with E-state index in [0.29, 0.717) is 11.5 Å². The maximum Gasteiger partial charge on any atom is 0.326 e. The first-order valence-corrected chi connectivity index (χ1v) is 9.70. The molecule has 0 aromatic heterocycles. The average molecular weight is 440 g/mol. The van der Waals surface area contributed by atoms with Crippen molar-refractivity contribution in [1.29, 1.82) is 0 Å². The fourth-order valence-electron chi connectivity index (χ4n) is 3.32. The summed E-state index contributed by atoms with van der Waals surface area (Å²) in [7, 11) is 0. The van der Waals surface area contributed by atoms with Gasteiger partial charge in [-0.15, -0.1) is 0 Å². The topological polar surface area (TPSA) is 192 Å². The lowest BCUT2D eigenvalue weighted by atomic mass is 10.0. The lowest BCUT2D eigenvalue weighted by Crippen LogP contribution is -2.55. The van der Waals surface area contributed by atoms with E-state index in [1.807, 2.05) is 25.1 Å². The largest absolute Gasteiger partial charge is 0.481 e. The molecule has 1 amide bonds. The molecule has 0 fully saturated rings. The highest BCUT2D eigenvalue weighted by molar-refractivity contribution is 6.05. The Hall–Kier alpha value is -4.12. The van der Waals surface area contributed by atoms with E-state index in [1.54, 1.807) is 12.1 Å². The van der Waals surface area contributed by atoms with Crippen molar-refractivity contribution < 1.29 is 24.6 Å². The molecule has 1 heterocycles. The summed E-state index contributed by atoms with van der Waals surface area (Å²) >= 11 is 0. The number of carboxylic acid groups (broad SMARTS) is 2. The van der Waals surface area contributed by atoms with E-state index < -0.39 is 36.1 Å². The summed E-state index contributed by atoms with van der Waals surface area (Å²) in [6.07, 6.45) is -0.724. The van der Waals surface area contributed by atoms with Crippen molar-refractivity contribution in [1.82, 2.24) is 5.32 Å². The van der Waals surface area contributed by atoms with Crippen molar-refractivity contribution in [3.05, 3.63) is 59.2 Å². The molecule has 2 aromatic carbocycles. The number of aryl methyl sites for hydroxylation is 1. The molecule has 0 radical (unpaired) electrons. The van der Waals surface area contributed by atoms with Crippen molar-refractivity contribution >= 4 is 35.1 Å². The Balaban J connectivity index is 1.64. The Morgan fingerprint density at radius 1 is 1.16 bits per heavy atom. The van der Waals surface area contributed by atoms with Crippen molar-refractivity contribution in [2.75, 3.05) is 17.2 Å². The van der Waals surface area contributed by atoms with Crippen LogP contribution in [0.15, 0.2) is 47.5 Å². The number of carboxylic acids is 2. The molecule has 168 valence electrons. The maximum atomic E-state index is 12.2. The van der Waals surface area contributed by atoms with E-state index in [4.69, 9.17) is 21.7 Å². The maximum absolute atomic E-state index is 12.2. The second kappa shape index (κ2) is 8.94. The zero-order chi connectivity index (χ0) is 23.5. The van der Waals surface area contributed by atoms with Gasteiger partial charge in [0.05, 0.1) is 13.0 Å². The molecule has 3 rings (SSSR count). The van der Waals surface area contributed by atoms with Gasteiger partial charge < -0.3 is 31.9 Å². The number of benzene rings is 2.